The van der Waals surface area contributed by atoms with Gasteiger partial charge < -0.3 is 14.4 Å². The second-order valence-electron chi connectivity index (χ2n) is 10.5. The molecule has 4 rings (SSSR count). The van der Waals surface area contributed by atoms with E-state index >= 15 is 0 Å². The molecule has 0 aliphatic heterocycles. The maximum absolute atomic E-state index is 13.8. The molecule has 4 nitrogen and oxygen atoms in total. The van der Waals surface area contributed by atoms with Crippen LogP contribution in [0.1, 0.15) is 60.3 Å². The van der Waals surface area contributed by atoms with Crippen molar-refractivity contribution < 1.29 is 14.3 Å². The van der Waals surface area contributed by atoms with Crippen molar-refractivity contribution in [1.29, 1.82) is 0 Å². The number of amides is 1. The Morgan fingerprint density at radius 2 is 1.32 bits per heavy atom. The molecule has 0 N–H and O–H groups in total. The molecule has 38 heavy (non-hydrogen) atoms. The number of ether oxygens (including phenoxy) is 2. The minimum Gasteiger partial charge on any atom is -0.493 e. The van der Waals surface area contributed by atoms with Gasteiger partial charge in [-0.1, -0.05) is 93.6 Å². The van der Waals surface area contributed by atoms with E-state index in [-0.39, 0.29) is 11.3 Å². The van der Waals surface area contributed by atoms with Crippen LogP contribution in [-0.4, -0.2) is 17.4 Å². The molecule has 0 aliphatic rings. The molecule has 0 atom stereocenters. The van der Waals surface area contributed by atoms with E-state index in [0.29, 0.717) is 31.9 Å². The fourth-order valence-electron chi connectivity index (χ4n) is 4.32. The van der Waals surface area contributed by atoms with Crippen LogP contribution in [0.4, 0.5) is 0 Å². The molecule has 0 bridgehead atoms. The number of benzene rings is 4. The Hall–Kier alpha value is -4.05. The van der Waals surface area contributed by atoms with Gasteiger partial charge in [0, 0.05) is 24.2 Å². The van der Waals surface area contributed by atoms with Crippen LogP contribution >= 0.6 is 0 Å². The van der Waals surface area contributed by atoms with Crippen LogP contribution in [-0.2, 0) is 25.1 Å². The highest BCUT2D eigenvalue weighted by Gasteiger charge is 2.19. The number of carbonyl (C=O) groups is 1. The second kappa shape index (κ2) is 12.5. The molecule has 196 valence electrons. The first kappa shape index (κ1) is 27.0. The van der Waals surface area contributed by atoms with Gasteiger partial charge in [-0.2, -0.15) is 0 Å². The van der Waals surface area contributed by atoms with Gasteiger partial charge in [-0.25, -0.2) is 0 Å². The van der Waals surface area contributed by atoms with Gasteiger partial charge in [-0.05, 0) is 59.4 Å². The zero-order valence-electron chi connectivity index (χ0n) is 22.8. The Balaban J connectivity index is 1.57. The van der Waals surface area contributed by atoms with E-state index < -0.39 is 0 Å². The first-order valence-electron chi connectivity index (χ1n) is 13.2. The van der Waals surface area contributed by atoms with Crippen molar-refractivity contribution in [3.8, 4) is 11.5 Å². The summed E-state index contributed by atoms with van der Waals surface area (Å²) in [5.74, 6) is 1.48. The topological polar surface area (TPSA) is 38.8 Å². The molecule has 0 aliphatic carbocycles. The molecule has 0 heterocycles. The highest BCUT2D eigenvalue weighted by atomic mass is 16.5. The smallest absolute Gasteiger partial charge is 0.254 e. The molecule has 4 aromatic rings. The van der Waals surface area contributed by atoms with E-state index in [1.807, 2.05) is 103 Å². The molecule has 4 heteroatoms. The summed E-state index contributed by atoms with van der Waals surface area (Å²) in [5, 5.41) is 0. The highest BCUT2D eigenvalue weighted by Crippen LogP contribution is 2.27. The Kier molecular flexibility index (Phi) is 8.85. The van der Waals surface area contributed by atoms with Gasteiger partial charge in [0.1, 0.15) is 18.1 Å². The van der Waals surface area contributed by atoms with E-state index in [2.05, 4.69) is 32.9 Å². The van der Waals surface area contributed by atoms with Gasteiger partial charge in [-0.3, -0.25) is 4.79 Å². The molecule has 1 amide bonds. The van der Waals surface area contributed by atoms with E-state index in [9.17, 15) is 4.79 Å². The van der Waals surface area contributed by atoms with Crippen LogP contribution in [0.3, 0.4) is 0 Å². The lowest BCUT2D eigenvalue weighted by Crippen LogP contribution is -2.30. The summed E-state index contributed by atoms with van der Waals surface area (Å²) in [6.45, 7) is 10.4. The molecular weight excluding hydrogens is 470 g/mol. The first-order valence-corrected chi connectivity index (χ1v) is 13.2. The Bertz CT molecular complexity index is 1270. The molecule has 0 spiro atoms. The van der Waals surface area contributed by atoms with Crippen molar-refractivity contribution >= 4 is 5.91 Å². The monoisotopic (exact) mass is 507 g/mol. The van der Waals surface area contributed by atoms with Crippen molar-refractivity contribution in [1.82, 2.24) is 4.90 Å². The summed E-state index contributed by atoms with van der Waals surface area (Å²) >= 11 is 0. The fraction of sp³-hybridized carbons (Fsp3) is 0.265. The minimum atomic E-state index is -0.0310. The first-order chi connectivity index (χ1) is 18.3. The van der Waals surface area contributed by atoms with E-state index in [1.54, 1.807) is 0 Å². The van der Waals surface area contributed by atoms with Crippen molar-refractivity contribution in [2.75, 3.05) is 6.61 Å². The third kappa shape index (κ3) is 7.25. The highest BCUT2D eigenvalue weighted by molar-refractivity contribution is 5.94. The average Bonchev–Trinajstić information content (AvgIpc) is 2.93. The third-order valence-corrected chi connectivity index (χ3v) is 6.44. The fourth-order valence-corrected chi connectivity index (χ4v) is 4.32. The summed E-state index contributed by atoms with van der Waals surface area (Å²) in [5.41, 5.74) is 4.97. The summed E-state index contributed by atoms with van der Waals surface area (Å²) in [6, 6.07) is 34.0. The Morgan fingerprint density at radius 1 is 0.737 bits per heavy atom. The molecular formula is C34H37NO3. The van der Waals surface area contributed by atoms with Crippen molar-refractivity contribution in [2.45, 2.75) is 52.8 Å². The van der Waals surface area contributed by atoms with Crippen LogP contribution in [0.2, 0.25) is 0 Å². The lowest BCUT2D eigenvalue weighted by atomic mass is 9.87. The van der Waals surface area contributed by atoms with E-state index in [1.165, 1.54) is 5.56 Å². The van der Waals surface area contributed by atoms with Crippen LogP contribution in [0, 0.1) is 0 Å². The maximum Gasteiger partial charge on any atom is 0.254 e. The summed E-state index contributed by atoms with van der Waals surface area (Å²) in [6.07, 6.45) is 0. The van der Waals surface area contributed by atoms with Crippen molar-refractivity contribution in [2.24, 2.45) is 0 Å². The summed E-state index contributed by atoms with van der Waals surface area (Å²) in [4.78, 5) is 15.7. The molecule has 0 radical (unpaired) electrons. The molecule has 0 saturated carbocycles. The lowest BCUT2D eigenvalue weighted by molar-refractivity contribution is 0.0729. The van der Waals surface area contributed by atoms with E-state index in [4.69, 9.17) is 9.47 Å². The number of carbonyl (C=O) groups excluding carboxylic acids is 1. The third-order valence-electron chi connectivity index (χ3n) is 6.44. The van der Waals surface area contributed by atoms with Crippen molar-refractivity contribution in [3.63, 3.8) is 0 Å². The molecule has 4 aromatic carbocycles. The standard InChI is InChI=1S/C34H37NO3/c1-5-37-32-21-16-28(22-29(32)25-38-31-19-17-30(18-20-31)34(2,3)4)33(36)35(23-26-12-8-6-9-13-26)24-27-14-10-7-11-15-27/h6-22H,5,23-25H2,1-4H3. The van der Waals surface area contributed by atoms with Gasteiger partial charge in [0.05, 0.1) is 6.61 Å². The van der Waals surface area contributed by atoms with Crippen LogP contribution < -0.4 is 9.47 Å². The zero-order valence-corrected chi connectivity index (χ0v) is 22.8. The number of hydrogen-bond acceptors (Lipinski definition) is 3. The second-order valence-corrected chi connectivity index (χ2v) is 10.5. The van der Waals surface area contributed by atoms with Crippen LogP contribution in [0.5, 0.6) is 11.5 Å². The SMILES string of the molecule is CCOc1ccc(C(=O)N(Cc2ccccc2)Cc2ccccc2)cc1COc1ccc(C(C)(C)C)cc1. The van der Waals surface area contributed by atoms with Gasteiger partial charge in [0.2, 0.25) is 0 Å². The Morgan fingerprint density at radius 3 is 1.84 bits per heavy atom. The quantitative estimate of drug-likeness (QED) is 0.220. The van der Waals surface area contributed by atoms with Gasteiger partial charge in [0.15, 0.2) is 0 Å². The number of hydrogen-bond donors (Lipinski definition) is 0. The van der Waals surface area contributed by atoms with Gasteiger partial charge >= 0.3 is 0 Å². The number of rotatable bonds is 10. The predicted molar refractivity (Wildman–Crippen MR) is 154 cm³/mol. The Labute approximate surface area is 226 Å². The summed E-state index contributed by atoms with van der Waals surface area (Å²) < 4.78 is 12.0. The maximum atomic E-state index is 13.8. The van der Waals surface area contributed by atoms with Gasteiger partial charge in [-0.15, -0.1) is 0 Å². The molecule has 0 aromatic heterocycles. The van der Waals surface area contributed by atoms with Crippen LogP contribution in [0.15, 0.2) is 103 Å². The predicted octanol–water partition coefficient (Wildman–Crippen LogP) is 7.80. The number of nitrogens with zero attached hydrogens (tertiary/aromatic N) is 1. The largest absolute Gasteiger partial charge is 0.493 e. The minimum absolute atomic E-state index is 0.0310. The molecule has 0 unspecified atom stereocenters. The van der Waals surface area contributed by atoms with E-state index in [0.717, 1.165) is 28.2 Å². The van der Waals surface area contributed by atoms with Crippen LogP contribution in [0.25, 0.3) is 0 Å². The average molecular weight is 508 g/mol. The van der Waals surface area contributed by atoms with Crippen molar-refractivity contribution in [3.05, 3.63) is 131 Å². The normalized spacial score (nSPS) is 11.2. The molecule has 0 saturated heterocycles. The summed E-state index contributed by atoms with van der Waals surface area (Å²) in [7, 11) is 0. The van der Waals surface area contributed by atoms with Gasteiger partial charge in [0.25, 0.3) is 5.91 Å². The lowest BCUT2D eigenvalue weighted by Gasteiger charge is -2.24. The zero-order chi connectivity index (χ0) is 27.0. The molecule has 0 fully saturated rings.